The van der Waals surface area contributed by atoms with Gasteiger partial charge in [0.15, 0.2) is 0 Å². The largest absolute Gasteiger partial charge is 0.550 e. The van der Waals surface area contributed by atoms with E-state index in [1.807, 2.05) is 48.5 Å². The molecule has 0 radical (unpaired) electrons. The first-order valence-electron chi connectivity index (χ1n) is 11.6. The molecule has 5 nitrogen and oxygen atoms in total. The van der Waals surface area contributed by atoms with Crippen LogP contribution in [0.4, 0.5) is 4.79 Å². The number of aliphatic carboxylic acids is 1. The predicted molar refractivity (Wildman–Crippen MR) is 130 cm³/mol. The van der Waals surface area contributed by atoms with Crippen molar-refractivity contribution in [2.75, 3.05) is 6.61 Å². The van der Waals surface area contributed by atoms with E-state index >= 15 is 0 Å². The van der Waals surface area contributed by atoms with E-state index in [0.717, 1.165) is 27.8 Å². The maximum atomic E-state index is 12.6. The molecule has 1 N–H and O–H groups in total. The predicted octanol–water partition coefficient (Wildman–Crippen LogP) is 4.57. The Kier molecular flexibility index (Phi) is 6.73. The Morgan fingerprint density at radius 2 is 1.47 bits per heavy atom. The molecule has 34 heavy (non-hydrogen) atoms. The molecule has 4 rings (SSSR count). The number of nitrogens with one attached hydrogen (secondary N) is 1. The second kappa shape index (κ2) is 9.72. The first-order chi connectivity index (χ1) is 16.2. The van der Waals surface area contributed by atoms with E-state index in [4.69, 9.17) is 4.74 Å². The molecule has 1 atom stereocenters. The molecule has 0 fully saturated rings. The summed E-state index contributed by atoms with van der Waals surface area (Å²) >= 11 is 0. The van der Waals surface area contributed by atoms with Gasteiger partial charge in [-0.05, 0) is 45.2 Å². The van der Waals surface area contributed by atoms with Gasteiger partial charge in [-0.2, -0.15) is 0 Å². The first kappa shape index (κ1) is 23.6. The van der Waals surface area contributed by atoms with Gasteiger partial charge in [0.25, 0.3) is 0 Å². The van der Waals surface area contributed by atoms with Crippen LogP contribution in [0.3, 0.4) is 0 Å². The molecule has 0 aliphatic heterocycles. The molecule has 3 aromatic rings. The number of fused-ring (bicyclic) bond motifs is 3. The maximum Gasteiger partial charge on any atom is 0.407 e. The molecule has 0 bridgehead atoms. The third kappa shape index (κ3) is 5.30. The lowest BCUT2D eigenvalue weighted by molar-refractivity contribution is -0.306. The van der Waals surface area contributed by atoms with E-state index in [2.05, 4.69) is 50.4 Å². The van der Waals surface area contributed by atoms with E-state index < -0.39 is 18.1 Å². The number of hydrogen-bond acceptors (Lipinski definition) is 4. The molecule has 0 unspecified atom stereocenters. The van der Waals surface area contributed by atoms with Crippen LogP contribution in [0.2, 0.25) is 0 Å². The number of carbonyl (C=O) groups is 2. The van der Waals surface area contributed by atoms with Crippen molar-refractivity contribution in [3.8, 4) is 11.1 Å². The Morgan fingerprint density at radius 1 is 0.912 bits per heavy atom. The highest BCUT2D eigenvalue weighted by molar-refractivity contribution is 5.79. The minimum Gasteiger partial charge on any atom is -0.550 e. The normalized spacial score (nSPS) is 13.6. The number of carboxylic acid groups (broad SMARTS) is 1. The number of ether oxygens (including phenoxy) is 1. The van der Waals surface area contributed by atoms with Gasteiger partial charge >= 0.3 is 6.09 Å². The average Bonchev–Trinajstić information content (AvgIpc) is 3.11. The van der Waals surface area contributed by atoms with Gasteiger partial charge in [-0.1, -0.05) is 93.6 Å². The van der Waals surface area contributed by atoms with Crippen LogP contribution in [0.1, 0.15) is 55.4 Å². The van der Waals surface area contributed by atoms with Crippen molar-refractivity contribution in [3.05, 3.63) is 95.1 Å². The highest BCUT2D eigenvalue weighted by atomic mass is 16.5. The van der Waals surface area contributed by atoms with Crippen LogP contribution in [0, 0.1) is 0 Å². The van der Waals surface area contributed by atoms with Gasteiger partial charge in [0, 0.05) is 24.3 Å². The fraction of sp³-hybridized carbons (Fsp3) is 0.310. The lowest BCUT2D eigenvalue weighted by Crippen LogP contribution is -2.41. The number of alkyl carbamates (subject to hydrolysis) is 1. The van der Waals surface area contributed by atoms with Crippen LogP contribution in [0.25, 0.3) is 11.1 Å². The summed E-state index contributed by atoms with van der Waals surface area (Å²) in [6.45, 7) is 6.59. The second-order valence-corrected chi connectivity index (χ2v) is 9.89. The third-order valence-corrected chi connectivity index (χ3v) is 6.38. The third-order valence-electron chi connectivity index (χ3n) is 6.38. The molecular formula is C29H30NO4-. The Hall–Kier alpha value is -3.60. The summed E-state index contributed by atoms with van der Waals surface area (Å²) in [6.07, 6.45) is -0.534. The summed E-state index contributed by atoms with van der Waals surface area (Å²) in [5, 5.41) is 14.0. The molecule has 3 aromatic carbocycles. The van der Waals surface area contributed by atoms with E-state index in [9.17, 15) is 14.7 Å². The molecule has 1 aliphatic rings. The van der Waals surface area contributed by atoms with Crippen LogP contribution in [0.15, 0.2) is 72.8 Å². The lowest BCUT2D eigenvalue weighted by atomic mass is 9.86. The van der Waals surface area contributed by atoms with E-state index in [1.54, 1.807) is 0 Å². The van der Waals surface area contributed by atoms with Gasteiger partial charge < -0.3 is 20.0 Å². The number of hydrogen-bond donors (Lipinski definition) is 1. The van der Waals surface area contributed by atoms with Crippen molar-refractivity contribution < 1.29 is 19.4 Å². The molecule has 0 heterocycles. The van der Waals surface area contributed by atoms with Crippen molar-refractivity contribution in [2.24, 2.45) is 0 Å². The van der Waals surface area contributed by atoms with Crippen molar-refractivity contribution in [3.63, 3.8) is 0 Å². The van der Waals surface area contributed by atoms with Gasteiger partial charge in [-0.15, -0.1) is 0 Å². The van der Waals surface area contributed by atoms with E-state index in [0.29, 0.717) is 6.42 Å². The molecule has 176 valence electrons. The topological polar surface area (TPSA) is 78.5 Å². The minimum absolute atomic E-state index is 0.0302. The minimum atomic E-state index is -1.21. The SMILES string of the molecule is CC(C)(C)c1ccc(C[C@@H](CC(=O)[O-])NC(=O)OCC2c3ccccc3-c3ccccc32)cc1. The highest BCUT2D eigenvalue weighted by Crippen LogP contribution is 2.44. The fourth-order valence-corrected chi connectivity index (χ4v) is 4.61. The fourth-order valence-electron chi connectivity index (χ4n) is 4.61. The van der Waals surface area contributed by atoms with Gasteiger partial charge in [0.2, 0.25) is 0 Å². The van der Waals surface area contributed by atoms with Gasteiger partial charge in [-0.3, -0.25) is 0 Å². The van der Waals surface area contributed by atoms with Crippen molar-refractivity contribution >= 4 is 12.1 Å². The van der Waals surface area contributed by atoms with Gasteiger partial charge in [0.1, 0.15) is 6.61 Å². The zero-order valence-electron chi connectivity index (χ0n) is 19.8. The second-order valence-electron chi connectivity index (χ2n) is 9.89. The Labute approximate surface area is 200 Å². The maximum absolute atomic E-state index is 12.6. The number of benzene rings is 3. The summed E-state index contributed by atoms with van der Waals surface area (Å²) in [6, 6.07) is 23.7. The average molecular weight is 457 g/mol. The zero-order chi connectivity index (χ0) is 24.3. The summed E-state index contributed by atoms with van der Waals surface area (Å²) < 4.78 is 5.59. The summed E-state index contributed by atoms with van der Waals surface area (Å²) in [7, 11) is 0. The Balaban J connectivity index is 1.41. The summed E-state index contributed by atoms with van der Waals surface area (Å²) in [5.41, 5.74) is 6.72. The smallest absolute Gasteiger partial charge is 0.407 e. The standard InChI is InChI=1S/C29H31NO4/c1-29(2,3)20-14-12-19(13-15-20)16-21(17-27(31)32)30-28(33)34-18-26-24-10-6-4-8-22(24)23-9-5-7-11-25(23)26/h4-15,21,26H,16-18H2,1-3H3,(H,30,33)(H,31,32)/p-1/t21-/m0/s1. The van der Waals surface area contributed by atoms with E-state index in [-0.39, 0.29) is 24.4 Å². The lowest BCUT2D eigenvalue weighted by Gasteiger charge is -2.22. The Bertz CT molecular complexity index is 1130. The van der Waals surface area contributed by atoms with Crippen LogP contribution >= 0.6 is 0 Å². The zero-order valence-corrected chi connectivity index (χ0v) is 19.8. The quantitative estimate of drug-likeness (QED) is 0.565. The van der Waals surface area contributed by atoms with Crippen molar-refractivity contribution in [1.29, 1.82) is 0 Å². The van der Waals surface area contributed by atoms with Crippen LogP contribution in [-0.4, -0.2) is 24.7 Å². The van der Waals surface area contributed by atoms with Crippen LogP contribution < -0.4 is 10.4 Å². The van der Waals surface area contributed by atoms with Gasteiger partial charge in [0.05, 0.1) is 0 Å². The number of carboxylic acids is 1. The molecule has 1 amide bonds. The molecule has 0 saturated carbocycles. The molecule has 0 aromatic heterocycles. The summed E-state index contributed by atoms with van der Waals surface area (Å²) in [4.78, 5) is 24.0. The Morgan fingerprint density at radius 3 is 2.00 bits per heavy atom. The number of amides is 1. The number of rotatable bonds is 7. The van der Waals surface area contributed by atoms with Crippen LogP contribution in [-0.2, 0) is 21.4 Å². The molecule has 0 spiro atoms. The summed E-state index contributed by atoms with van der Waals surface area (Å²) in [5.74, 6) is -1.27. The van der Waals surface area contributed by atoms with Crippen LogP contribution in [0.5, 0.6) is 0 Å². The molecular weight excluding hydrogens is 426 g/mol. The molecule has 0 saturated heterocycles. The number of carbonyl (C=O) groups excluding carboxylic acids is 2. The molecule has 5 heteroatoms. The highest BCUT2D eigenvalue weighted by Gasteiger charge is 2.29. The van der Waals surface area contributed by atoms with E-state index in [1.165, 1.54) is 5.56 Å². The van der Waals surface area contributed by atoms with Gasteiger partial charge in [-0.25, -0.2) is 4.79 Å². The van der Waals surface area contributed by atoms with Crippen molar-refractivity contribution in [2.45, 2.75) is 51.0 Å². The molecule has 1 aliphatic carbocycles. The van der Waals surface area contributed by atoms with Crippen molar-refractivity contribution in [1.82, 2.24) is 5.32 Å². The first-order valence-corrected chi connectivity index (χ1v) is 11.6. The monoisotopic (exact) mass is 456 g/mol.